The zero-order chi connectivity index (χ0) is 11.8. The SMILES string of the molecule is Cc1nc(C2CN(C)CCO2)nc2c1CNC2. The van der Waals surface area contributed by atoms with Crippen molar-refractivity contribution in [3.8, 4) is 0 Å². The van der Waals surface area contributed by atoms with Gasteiger partial charge in [-0.2, -0.15) is 0 Å². The average molecular weight is 234 g/mol. The Morgan fingerprint density at radius 2 is 2.24 bits per heavy atom. The minimum atomic E-state index is 0.0262. The second-order valence-electron chi connectivity index (χ2n) is 4.82. The van der Waals surface area contributed by atoms with Gasteiger partial charge in [0.25, 0.3) is 0 Å². The molecule has 2 aliphatic heterocycles. The normalized spacial score (nSPS) is 24.9. The van der Waals surface area contributed by atoms with Crippen molar-refractivity contribution in [3.05, 3.63) is 22.8 Å². The Kier molecular flexibility index (Phi) is 2.82. The smallest absolute Gasteiger partial charge is 0.158 e. The molecule has 0 bridgehead atoms. The maximum atomic E-state index is 5.76. The van der Waals surface area contributed by atoms with Crippen LogP contribution in [0, 0.1) is 6.92 Å². The van der Waals surface area contributed by atoms with Crippen LogP contribution in [0.2, 0.25) is 0 Å². The highest BCUT2D eigenvalue weighted by atomic mass is 16.5. The van der Waals surface area contributed by atoms with Crippen molar-refractivity contribution in [1.82, 2.24) is 20.2 Å². The summed E-state index contributed by atoms with van der Waals surface area (Å²) in [5.41, 5.74) is 3.49. The number of likely N-dealkylation sites (N-methyl/N-ethyl adjacent to an activating group) is 1. The highest BCUT2D eigenvalue weighted by molar-refractivity contribution is 5.28. The van der Waals surface area contributed by atoms with Gasteiger partial charge in [-0.25, -0.2) is 9.97 Å². The standard InChI is InChI=1S/C12H18N4O/c1-8-9-5-13-6-10(9)15-12(14-8)11-7-16(2)3-4-17-11/h11,13H,3-7H2,1-2H3. The van der Waals surface area contributed by atoms with Crippen LogP contribution in [0.3, 0.4) is 0 Å². The van der Waals surface area contributed by atoms with Crippen LogP contribution in [-0.4, -0.2) is 41.6 Å². The molecule has 5 nitrogen and oxygen atoms in total. The molecule has 3 heterocycles. The second kappa shape index (κ2) is 4.33. The zero-order valence-corrected chi connectivity index (χ0v) is 10.4. The van der Waals surface area contributed by atoms with E-state index in [2.05, 4.69) is 34.2 Å². The largest absolute Gasteiger partial charge is 0.368 e. The third-order valence-electron chi connectivity index (χ3n) is 3.47. The quantitative estimate of drug-likeness (QED) is 0.762. The van der Waals surface area contributed by atoms with Gasteiger partial charge < -0.3 is 15.0 Å². The van der Waals surface area contributed by atoms with Crippen molar-refractivity contribution in [1.29, 1.82) is 0 Å². The summed E-state index contributed by atoms with van der Waals surface area (Å²) in [6.07, 6.45) is 0.0262. The van der Waals surface area contributed by atoms with E-state index in [4.69, 9.17) is 4.74 Å². The van der Waals surface area contributed by atoms with E-state index in [1.165, 1.54) is 5.56 Å². The van der Waals surface area contributed by atoms with E-state index < -0.39 is 0 Å². The van der Waals surface area contributed by atoms with Crippen LogP contribution >= 0.6 is 0 Å². The van der Waals surface area contributed by atoms with E-state index in [-0.39, 0.29) is 6.10 Å². The van der Waals surface area contributed by atoms with Crippen LogP contribution in [-0.2, 0) is 17.8 Å². The molecule has 92 valence electrons. The molecule has 0 saturated carbocycles. The molecule has 0 radical (unpaired) electrons. The first-order valence-corrected chi connectivity index (χ1v) is 6.11. The van der Waals surface area contributed by atoms with Gasteiger partial charge in [-0.3, -0.25) is 0 Å². The Morgan fingerprint density at radius 1 is 1.35 bits per heavy atom. The van der Waals surface area contributed by atoms with E-state index in [9.17, 15) is 0 Å². The van der Waals surface area contributed by atoms with Crippen LogP contribution in [0.25, 0.3) is 0 Å². The minimum absolute atomic E-state index is 0.0262. The molecule has 1 N–H and O–H groups in total. The molecule has 1 atom stereocenters. The summed E-state index contributed by atoms with van der Waals surface area (Å²) in [4.78, 5) is 11.5. The summed E-state index contributed by atoms with van der Waals surface area (Å²) >= 11 is 0. The third kappa shape index (κ3) is 2.06. The van der Waals surface area contributed by atoms with Gasteiger partial charge in [0.05, 0.1) is 12.3 Å². The van der Waals surface area contributed by atoms with Crippen molar-refractivity contribution < 1.29 is 4.74 Å². The predicted molar refractivity (Wildman–Crippen MR) is 63.5 cm³/mol. The molecule has 1 unspecified atom stereocenters. The Morgan fingerprint density at radius 3 is 3.06 bits per heavy atom. The Bertz CT molecular complexity index is 435. The first-order valence-electron chi connectivity index (χ1n) is 6.11. The Labute approximate surface area is 101 Å². The van der Waals surface area contributed by atoms with E-state index in [1.807, 2.05) is 0 Å². The number of morpholine rings is 1. The van der Waals surface area contributed by atoms with Crippen molar-refractivity contribution in [3.63, 3.8) is 0 Å². The van der Waals surface area contributed by atoms with Gasteiger partial charge in [0.2, 0.25) is 0 Å². The summed E-state index contributed by atoms with van der Waals surface area (Å²) in [5, 5.41) is 3.31. The number of hydrogen-bond acceptors (Lipinski definition) is 5. The van der Waals surface area contributed by atoms with Gasteiger partial charge in [0.15, 0.2) is 5.82 Å². The predicted octanol–water partition coefficient (Wildman–Crippen LogP) is 0.391. The fourth-order valence-corrected chi connectivity index (χ4v) is 2.44. The first-order chi connectivity index (χ1) is 8.24. The number of nitrogens with zero attached hydrogens (tertiary/aromatic N) is 3. The molecule has 0 amide bonds. The molecule has 0 spiro atoms. The van der Waals surface area contributed by atoms with E-state index >= 15 is 0 Å². The molecule has 0 aliphatic carbocycles. The second-order valence-corrected chi connectivity index (χ2v) is 4.82. The van der Waals surface area contributed by atoms with E-state index in [0.29, 0.717) is 0 Å². The van der Waals surface area contributed by atoms with Crippen LogP contribution in [0.4, 0.5) is 0 Å². The summed E-state index contributed by atoms with van der Waals surface area (Å²) in [7, 11) is 2.11. The molecule has 17 heavy (non-hydrogen) atoms. The molecular formula is C12H18N4O. The summed E-state index contributed by atoms with van der Waals surface area (Å²) < 4.78 is 5.76. The summed E-state index contributed by atoms with van der Waals surface area (Å²) in [6.45, 7) is 6.44. The number of ether oxygens (including phenoxy) is 1. The molecule has 0 aromatic carbocycles. The first kappa shape index (κ1) is 11.1. The number of nitrogens with one attached hydrogen (secondary N) is 1. The highest BCUT2D eigenvalue weighted by Crippen LogP contribution is 2.22. The Balaban J connectivity index is 1.90. The minimum Gasteiger partial charge on any atom is -0.368 e. The lowest BCUT2D eigenvalue weighted by molar-refractivity contribution is -0.0256. The van der Waals surface area contributed by atoms with Crippen molar-refractivity contribution >= 4 is 0 Å². The van der Waals surface area contributed by atoms with Crippen molar-refractivity contribution in [2.45, 2.75) is 26.1 Å². The molecule has 2 aliphatic rings. The zero-order valence-electron chi connectivity index (χ0n) is 10.4. The highest BCUT2D eigenvalue weighted by Gasteiger charge is 2.25. The topological polar surface area (TPSA) is 50.3 Å². The number of rotatable bonds is 1. The maximum absolute atomic E-state index is 5.76. The molecule has 1 aromatic rings. The number of hydrogen-bond donors (Lipinski definition) is 1. The van der Waals surface area contributed by atoms with E-state index in [1.54, 1.807) is 0 Å². The van der Waals surface area contributed by atoms with E-state index in [0.717, 1.165) is 50.0 Å². The van der Waals surface area contributed by atoms with Gasteiger partial charge in [0.1, 0.15) is 6.10 Å². The monoisotopic (exact) mass is 234 g/mol. The van der Waals surface area contributed by atoms with Gasteiger partial charge in [-0.15, -0.1) is 0 Å². The lowest BCUT2D eigenvalue weighted by atomic mass is 10.2. The molecular weight excluding hydrogens is 216 g/mol. The van der Waals surface area contributed by atoms with Crippen molar-refractivity contribution in [2.24, 2.45) is 0 Å². The molecule has 5 heteroatoms. The molecule has 1 aromatic heterocycles. The van der Waals surface area contributed by atoms with Gasteiger partial charge >= 0.3 is 0 Å². The van der Waals surface area contributed by atoms with Gasteiger partial charge in [-0.1, -0.05) is 0 Å². The van der Waals surface area contributed by atoms with Gasteiger partial charge in [-0.05, 0) is 14.0 Å². The summed E-state index contributed by atoms with van der Waals surface area (Å²) in [6, 6.07) is 0. The molecule has 3 rings (SSSR count). The lowest BCUT2D eigenvalue weighted by Gasteiger charge is -2.29. The third-order valence-corrected chi connectivity index (χ3v) is 3.47. The fraction of sp³-hybridized carbons (Fsp3) is 0.667. The number of aromatic nitrogens is 2. The van der Waals surface area contributed by atoms with Crippen LogP contribution in [0.5, 0.6) is 0 Å². The molecule has 1 fully saturated rings. The van der Waals surface area contributed by atoms with Gasteiger partial charge in [0, 0.05) is 37.4 Å². The average Bonchev–Trinajstić information content (AvgIpc) is 2.77. The van der Waals surface area contributed by atoms with Crippen molar-refractivity contribution in [2.75, 3.05) is 26.7 Å². The number of aryl methyl sites for hydroxylation is 1. The van der Waals surface area contributed by atoms with Crippen LogP contribution < -0.4 is 5.32 Å². The Hall–Kier alpha value is -1.04. The summed E-state index contributed by atoms with van der Waals surface area (Å²) in [5.74, 6) is 0.844. The fourth-order valence-electron chi connectivity index (χ4n) is 2.44. The van der Waals surface area contributed by atoms with Crippen LogP contribution in [0.1, 0.15) is 28.9 Å². The number of fused-ring (bicyclic) bond motifs is 1. The lowest BCUT2D eigenvalue weighted by Crippen LogP contribution is -2.36. The molecule has 1 saturated heterocycles. The van der Waals surface area contributed by atoms with Crippen LogP contribution in [0.15, 0.2) is 0 Å². The maximum Gasteiger partial charge on any atom is 0.158 e.